The Labute approximate surface area is 158 Å². The van der Waals surface area contributed by atoms with Crippen LogP contribution in [0.1, 0.15) is 44.1 Å². The van der Waals surface area contributed by atoms with Crippen LogP contribution in [0.3, 0.4) is 0 Å². The molecule has 0 aliphatic heterocycles. The van der Waals surface area contributed by atoms with E-state index in [1.54, 1.807) is 7.11 Å². The van der Waals surface area contributed by atoms with Crippen LogP contribution in [0.15, 0.2) is 41.7 Å². The van der Waals surface area contributed by atoms with Crippen molar-refractivity contribution in [3.63, 3.8) is 0 Å². The maximum Gasteiger partial charge on any atom is 0.319 e. The molecule has 0 bridgehead atoms. The molecular weight excluding hydrogens is 352 g/mol. The molecule has 1 heterocycles. The van der Waals surface area contributed by atoms with Crippen LogP contribution in [0.25, 0.3) is 0 Å². The maximum atomic E-state index is 12.9. The molecule has 1 unspecified atom stereocenters. The lowest BCUT2D eigenvalue weighted by atomic mass is 9.98. The third-order valence-electron chi connectivity index (χ3n) is 4.24. The second-order valence-corrected chi connectivity index (χ2v) is 6.11. The fraction of sp³-hybridized carbons (Fsp3) is 0.474. The first-order valence-electron chi connectivity index (χ1n) is 9.01. The van der Waals surface area contributed by atoms with Gasteiger partial charge in [-0.15, -0.1) is 0 Å². The smallest absolute Gasteiger partial charge is 0.319 e. The summed E-state index contributed by atoms with van der Waals surface area (Å²) in [5.74, 6) is 2.02. The Bertz CT molecular complexity index is 715. The van der Waals surface area contributed by atoms with Gasteiger partial charge in [0.25, 0.3) is 0 Å². The highest BCUT2D eigenvalue weighted by Gasteiger charge is 2.11. The van der Waals surface area contributed by atoms with Gasteiger partial charge < -0.3 is 15.4 Å². The van der Waals surface area contributed by atoms with Crippen LogP contribution in [-0.2, 0) is 6.54 Å². The van der Waals surface area contributed by atoms with E-state index in [1.165, 1.54) is 18.0 Å². The zero-order valence-corrected chi connectivity index (χ0v) is 16.0. The number of alkyl halides is 2. The zero-order valence-electron chi connectivity index (χ0n) is 16.0. The van der Waals surface area contributed by atoms with Crippen LogP contribution in [0.4, 0.5) is 8.78 Å². The lowest BCUT2D eigenvalue weighted by Crippen LogP contribution is -2.38. The van der Waals surface area contributed by atoms with Crippen LogP contribution in [0, 0.1) is 0 Å². The van der Waals surface area contributed by atoms with Gasteiger partial charge in [0.05, 0.1) is 7.11 Å². The van der Waals surface area contributed by atoms with Crippen molar-refractivity contribution in [2.45, 2.75) is 39.3 Å². The number of aliphatic imine (C=N–C) groups is 1. The third kappa shape index (κ3) is 6.23. The topological polar surface area (TPSA) is 63.5 Å². The number of ether oxygens (including phenoxy) is 1. The van der Waals surface area contributed by atoms with E-state index in [1.807, 2.05) is 19.1 Å². The van der Waals surface area contributed by atoms with Gasteiger partial charge in [-0.25, -0.2) is 9.98 Å². The molecule has 0 radical (unpaired) electrons. The van der Waals surface area contributed by atoms with Gasteiger partial charge in [0.2, 0.25) is 0 Å². The van der Waals surface area contributed by atoms with Gasteiger partial charge in [0.1, 0.15) is 18.1 Å². The van der Waals surface area contributed by atoms with E-state index in [0.717, 1.165) is 16.7 Å². The summed E-state index contributed by atoms with van der Waals surface area (Å²) in [6.07, 6.45) is 3.52. The number of nitrogens with one attached hydrogen (secondary N) is 2. The van der Waals surface area contributed by atoms with Crippen molar-refractivity contribution in [1.82, 2.24) is 20.2 Å². The van der Waals surface area contributed by atoms with E-state index in [9.17, 15) is 8.78 Å². The molecule has 0 aliphatic rings. The SMILES string of the molecule is CCNC(=NCc1nccn1C(F)F)NCCC(C)c1ccc(OC)cc1. The highest BCUT2D eigenvalue weighted by molar-refractivity contribution is 5.79. The number of methoxy groups -OCH3 is 1. The van der Waals surface area contributed by atoms with Gasteiger partial charge >= 0.3 is 6.55 Å². The first-order chi connectivity index (χ1) is 13.0. The monoisotopic (exact) mass is 379 g/mol. The van der Waals surface area contributed by atoms with Crippen molar-refractivity contribution in [3.05, 3.63) is 48.0 Å². The van der Waals surface area contributed by atoms with Crippen LogP contribution < -0.4 is 15.4 Å². The molecule has 0 saturated carbocycles. The molecule has 0 aliphatic carbocycles. The molecule has 1 aromatic heterocycles. The van der Waals surface area contributed by atoms with Crippen molar-refractivity contribution in [2.24, 2.45) is 4.99 Å². The van der Waals surface area contributed by atoms with Gasteiger partial charge in [0.15, 0.2) is 5.96 Å². The standard InChI is InChI=1S/C19H27F2N5O/c1-4-22-19(25-13-17-23-11-12-26(17)18(20)21)24-10-9-14(2)15-5-7-16(27-3)8-6-15/h5-8,11-12,14,18H,4,9-10,13H2,1-3H3,(H2,22,24,25). The van der Waals surface area contributed by atoms with Gasteiger partial charge in [-0.2, -0.15) is 8.78 Å². The summed E-state index contributed by atoms with van der Waals surface area (Å²) < 4.78 is 31.7. The second-order valence-electron chi connectivity index (χ2n) is 6.11. The Morgan fingerprint density at radius 2 is 2.00 bits per heavy atom. The molecule has 1 atom stereocenters. The predicted molar refractivity (Wildman–Crippen MR) is 102 cm³/mol. The van der Waals surface area contributed by atoms with Crippen LogP contribution in [0.2, 0.25) is 0 Å². The maximum absolute atomic E-state index is 12.9. The summed E-state index contributed by atoms with van der Waals surface area (Å²) in [5, 5.41) is 6.36. The Hall–Kier alpha value is -2.64. The van der Waals surface area contributed by atoms with Crippen molar-refractivity contribution < 1.29 is 13.5 Å². The van der Waals surface area contributed by atoms with Crippen LogP contribution in [-0.4, -0.2) is 35.7 Å². The summed E-state index contributed by atoms with van der Waals surface area (Å²) in [4.78, 5) is 8.29. The number of imidazole rings is 1. The van der Waals surface area contributed by atoms with Gasteiger partial charge in [0, 0.05) is 25.5 Å². The van der Waals surface area contributed by atoms with E-state index >= 15 is 0 Å². The van der Waals surface area contributed by atoms with Crippen molar-refractivity contribution in [3.8, 4) is 5.75 Å². The lowest BCUT2D eigenvalue weighted by molar-refractivity contribution is 0.0671. The summed E-state index contributed by atoms with van der Waals surface area (Å²) >= 11 is 0. The number of halogens is 2. The van der Waals surface area contributed by atoms with Crippen molar-refractivity contribution in [2.75, 3.05) is 20.2 Å². The van der Waals surface area contributed by atoms with E-state index in [2.05, 4.69) is 39.7 Å². The first kappa shape index (κ1) is 20.7. The number of rotatable bonds is 9. The first-order valence-corrected chi connectivity index (χ1v) is 9.01. The van der Waals surface area contributed by atoms with Gasteiger partial charge in [-0.1, -0.05) is 19.1 Å². The Morgan fingerprint density at radius 3 is 2.63 bits per heavy atom. The normalized spacial score (nSPS) is 12.9. The molecule has 8 heteroatoms. The minimum atomic E-state index is -2.61. The Kier molecular flexibility index (Phi) is 8.03. The second kappa shape index (κ2) is 10.5. The van der Waals surface area contributed by atoms with Crippen molar-refractivity contribution >= 4 is 5.96 Å². The molecule has 2 N–H and O–H groups in total. The average molecular weight is 379 g/mol. The van der Waals surface area contributed by atoms with Crippen LogP contribution >= 0.6 is 0 Å². The summed E-state index contributed by atoms with van der Waals surface area (Å²) in [7, 11) is 1.65. The summed E-state index contributed by atoms with van der Waals surface area (Å²) in [5.41, 5.74) is 1.23. The Balaban J connectivity index is 1.88. The average Bonchev–Trinajstić information content (AvgIpc) is 3.15. The van der Waals surface area contributed by atoms with Gasteiger partial charge in [-0.05, 0) is 37.0 Å². The molecular formula is C19H27F2N5O. The van der Waals surface area contributed by atoms with Crippen molar-refractivity contribution in [1.29, 1.82) is 0 Å². The molecule has 1 aromatic carbocycles. The summed E-state index contributed by atoms with van der Waals surface area (Å²) in [6, 6.07) is 8.03. The van der Waals surface area contributed by atoms with Gasteiger partial charge in [-0.3, -0.25) is 4.57 Å². The number of hydrogen-bond acceptors (Lipinski definition) is 3. The number of guanidine groups is 1. The molecule has 2 aromatic rings. The summed E-state index contributed by atoms with van der Waals surface area (Å²) in [6.45, 7) is 2.98. The van der Waals surface area contributed by atoms with Crippen LogP contribution in [0.5, 0.6) is 5.75 Å². The third-order valence-corrected chi connectivity index (χ3v) is 4.24. The number of hydrogen-bond donors (Lipinski definition) is 2. The fourth-order valence-electron chi connectivity index (χ4n) is 2.64. The highest BCUT2D eigenvalue weighted by Crippen LogP contribution is 2.21. The number of nitrogens with zero attached hydrogens (tertiary/aromatic N) is 3. The molecule has 2 rings (SSSR count). The predicted octanol–water partition coefficient (Wildman–Crippen LogP) is 3.54. The van der Waals surface area contributed by atoms with E-state index in [-0.39, 0.29) is 12.4 Å². The zero-order chi connectivity index (χ0) is 19.6. The fourth-order valence-corrected chi connectivity index (χ4v) is 2.64. The number of benzene rings is 1. The molecule has 148 valence electrons. The molecule has 0 spiro atoms. The minimum absolute atomic E-state index is 0.0840. The Morgan fingerprint density at radius 1 is 1.26 bits per heavy atom. The molecule has 0 fully saturated rings. The highest BCUT2D eigenvalue weighted by atomic mass is 19.3. The molecule has 6 nitrogen and oxygen atoms in total. The molecule has 27 heavy (non-hydrogen) atoms. The number of aromatic nitrogens is 2. The minimum Gasteiger partial charge on any atom is -0.497 e. The lowest BCUT2D eigenvalue weighted by Gasteiger charge is -2.15. The molecule has 0 saturated heterocycles. The van der Waals surface area contributed by atoms with E-state index < -0.39 is 6.55 Å². The van der Waals surface area contributed by atoms with E-state index in [4.69, 9.17) is 4.74 Å². The van der Waals surface area contributed by atoms with E-state index in [0.29, 0.717) is 25.0 Å². The molecule has 0 amide bonds. The quantitative estimate of drug-likeness (QED) is 0.517. The largest absolute Gasteiger partial charge is 0.497 e.